The number of anilines is 2. The van der Waals surface area contributed by atoms with E-state index in [2.05, 4.69) is 6.92 Å². The summed E-state index contributed by atoms with van der Waals surface area (Å²) in [6, 6.07) is 5.43. The van der Waals surface area contributed by atoms with Crippen LogP contribution in [-0.4, -0.2) is 5.60 Å². The molecular weight excluding hydrogens is 164 g/mol. The Hall–Kier alpha value is -1.38. The molecule has 0 bridgehead atoms. The van der Waals surface area contributed by atoms with Gasteiger partial charge in [-0.2, -0.15) is 0 Å². The van der Waals surface area contributed by atoms with Crippen LogP contribution in [0.1, 0.15) is 19.8 Å². The van der Waals surface area contributed by atoms with Crippen LogP contribution >= 0.6 is 0 Å². The molecule has 1 fully saturated rings. The van der Waals surface area contributed by atoms with Gasteiger partial charge in [0.25, 0.3) is 0 Å². The second-order valence-electron chi connectivity index (χ2n) is 3.82. The summed E-state index contributed by atoms with van der Waals surface area (Å²) in [6.45, 7) is 2.07. The smallest absolute Gasteiger partial charge is 0.165 e. The van der Waals surface area contributed by atoms with E-state index in [1.165, 1.54) is 0 Å². The predicted octanol–water partition coefficient (Wildman–Crippen LogP) is 1.78. The summed E-state index contributed by atoms with van der Waals surface area (Å²) in [5, 5.41) is 0. The Morgan fingerprint density at radius 1 is 1.23 bits per heavy atom. The summed E-state index contributed by atoms with van der Waals surface area (Å²) in [6.07, 6.45) is 2.17. The van der Waals surface area contributed by atoms with Gasteiger partial charge in [-0.1, -0.05) is 6.07 Å². The maximum absolute atomic E-state index is 5.75. The monoisotopic (exact) mass is 178 g/mol. The number of rotatable bonds is 2. The lowest BCUT2D eigenvalue weighted by molar-refractivity contribution is 0.203. The predicted molar refractivity (Wildman–Crippen MR) is 53.5 cm³/mol. The second-order valence-corrected chi connectivity index (χ2v) is 3.82. The van der Waals surface area contributed by atoms with Gasteiger partial charge in [0.05, 0.1) is 11.4 Å². The van der Waals surface area contributed by atoms with Gasteiger partial charge < -0.3 is 16.2 Å². The molecule has 0 amide bonds. The number of hydrogen-bond acceptors (Lipinski definition) is 3. The summed E-state index contributed by atoms with van der Waals surface area (Å²) < 4.78 is 5.72. The molecule has 0 aromatic heterocycles. The van der Waals surface area contributed by atoms with Gasteiger partial charge in [0.1, 0.15) is 5.60 Å². The van der Waals surface area contributed by atoms with E-state index in [1.807, 2.05) is 6.07 Å². The van der Waals surface area contributed by atoms with Crippen LogP contribution in [0.2, 0.25) is 0 Å². The molecule has 2 rings (SSSR count). The number of hydrogen-bond donors (Lipinski definition) is 2. The van der Waals surface area contributed by atoms with E-state index < -0.39 is 0 Å². The van der Waals surface area contributed by atoms with Crippen molar-refractivity contribution in [2.24, 2.45) is 0 Å². The third-order valence-corrected chi connectivity index (χ3v) is 2.38. The van der Waals surface area contributed by atoms with Gasteiger partial charge in [0.2, 0.25) is 0 Å². The highest BCUT2D eigenvalue weighted by Gasteiger charge is 2.40. The molecule has 1 aromatic rings. The Morgan fingerprint density at radius 2 is 1.77 bits per heavy atom. The van der Waals surface area contributed by atoms with E-state index in [1.54, 1.807) is 12.1 Å². The quantitative estimate of drug-likeness (QED) is 0.678. The highest BCUT2D eigenvalue weighted by Crippen LogP contribution is 2.43. The fraction of sp³-hybridized carbons (Fsp3) is 0.400. The van der Waals surface area contributed by atoms with Gasteiger partial charge in [-0.25, -0.2) is 0 Å². The molecule has 0 spiro atoms. The molecule has 1 aliphatic carbocycles. The summed E-state index contributed by atoms with van der Waals surface area (Å²) in [5.41, 5.74) is 12.7. The van der Waals surface area contributed by atoms with Gasteiger partial charge in [0, 0.05) is 0 Å². The first-order chi connectivity index (χ1) is 6.11. The average molecular weight is 178 g/mol. The minimum atomic E-state index is -0.0242. The minimum absolute atomic E-state index is 0.0242. The summed E-state index contributed by atoms with van der Waals surface area (Å²) in [5.74, 6) is 0.641. The molecule has 1 aliphatic rings. The Balaban J connectivity index is 2.28. The number of nitrogen functional groups attached to an aromatic ring is 2. The molecule has 0 heterocycles. The van der Waals surface area contributed by atoms with Crippen molar-refractivity contribution in [1.29, 1.82) is 0 Å². The lowest BCUT2D eigenvalue weighted by atomic mass is 10.2. The topological polar surface area (TPSA) is 61.3 Å². The Morgan fingerprint density at radius 3 is 2.23 bits per heavy atom. The van der Waals surface area contributed by atoms with Gasteiger partial charge in [-0.05, 0) is 31.9 Å². The first-order valence-electron chi connectivity index (χ1n) is 4.44. The molecule has 1 aromatic carbocycles. The first-order valence-corrected chi connectivity index (χ1v) is 4.44. The Labute approximate surface area is 77.7 Å². The summed E-state index contributed by atoms with van der Waals surface area (Å²) >= 11 is 0. The van der Waals surface area contributed by atoms with Crippen LogP contribution in [-0.2, 0) is 0 Å². The summed E-state index contributed by atoms with van der Waals surface area (Å²) in [4.78, 5) is 0. The van der Waals surface area contributed by atoms with Crippen LogP contribution in [0.3, 0.4) is 0 Å². The van der Waals surface area contributed by atoms with E-state index in [9.17, 15) is 0 Å². The van der Waals surface area contributed by atoms with Gasteiger partial charge in [-0.3, -0.25) is 0 Å². The fourth-order valence-corrected chi connectivity index (χ4v) is 1.22. The van der Waals surface area contributed by atoms with Crippen LogP contribution in [0.15, 0.2) is 18.2 Å². The van der Waals surface area contributed by atoms with E-state index in [0.717, 1.165) is 12.8 Å². The summed E-state index contributed by atoms with van der Waals surface area (Å²) in [7, 11) is 0. The van der Waals surface area contributed by atoms with Crippen molar-refractivity contribution in [3.05, 3.63) is 18.2 Å². The van der Waals surface area contributed by atoms with Crippen molar-refractivity contribution < 1.29 is 4.74 Å². The van der Waals surface area contributed by atoms with Crippen LogP contribution in [0.25, 0.3) is 0 Å². The largest absolute Gasteiger partial charge is 0.483 e. The lowest BCUT2D eigenvalue weighted by Crippen LogP contribution is -2.14. The molecule has 70 valence electrons. The van der Waals surface area contributed by atoms with Gasteiger partial charge in [-0.15, -0.1) is 0 Å². The molecule has 0 aliphatic heterocycles. The first kappa shape index (κ1) is 8.23. The number of ether oxygens (including phenoxy) is 1. The molecular formula is C10H14N2O. The van der Waals surface area contributed by atoms with Gasteiger partial charge in [0.15, 0.2) is 5.75 Å². The molecule has 3 heteroatoms. The Kier molecular flexibility index (Phi) is 1.62. The molecule has 4 N–H and O–H groups in total. The zero-order valence-electron chi connectivity index (χ0n) is 7.71. The molecule has 13 heavy (non-hydrogen) atoms. The molecule has 3 nitrogen and oxygen atoms in total. The molecule has 0 radical (unpaired) electrons. The number of nitrogens with two attached hydrogens (primary N) is 2. The zero-order valence-corrected chi connectivity index (χ0v) is 7.71. The normalized spacial score (nSPS) is 18.2. The highest BCUT2D eigenvalue weighted by molar-refractivity contribution is 5.67. The van der Waals surface area contributed by atoms with Gasteiger partial charge >= 0.3 is 0 Å². The van der Waals surface area contributed by atoms with Crippen molar-refractivity contribution in [2.75, 3.05) is 11.5 Å². The van der Waals surface area contributed by atoms with Crippen molar-refractivity contribution >= 4 is 11.4 Å². The standard InChI is InChI=1S/C10H14N2O/c1-10(5-6-10)13-9-7(11)3-2-4-8(9)12/h2-4H,5-6,11-12H2,1H3. The maximum atomic E-state index is 5.75. The van der Waals surface area contributed by atoms with E-state index in [0.29, 0.717) is 17.1 Å². The molecule has 0 unspecified atom stereocenters. The third kappa shape index (κ3) is 1.54. The molecule has 1 saturated carbocycles. The van der Waals surface area contributed by atoms with Crippen LogP contribution in [0, 0.1) is 0 Å². The molecule has 0 atom stereocenters. The number of para-hydroxylation sites is 1. The second kappa shape index (κ2) is 2.55. The van der Waals surface area contributed by atoms with E-state index in [4.69, 9.17) is 16.2 Å². The van der Waals surface area contributed by atoms with E-state index >= 15 is 0 Å². The minimum Gasteiger partial charge on any atom is -0.483 e. The van der Waals surface area contributed by atoms with Crippen molar-refractivity contribution in [3.8, 4) is 5.75 Å². The fourth-order valence-electron chi connectivity index (χ4n) is 1.22. The van der Waals surface area contributed by atoms with Crippen molar-refractivity contribution in [1.82, 2.24) is 0 Å². The average Bonchev–Trinajstić information content (AvgIpc) is 2.78. The van der Waals surface area contributed by atoms with Crippen molar-refractivity contribution in [3.63, 3.8) is 0 Å². The third-order valence-electron chi connectivity index (χ3n) is 2.38. The van der Waals surface area contributed by atoms with Crippen LogP contribution in [0.5, 0.6) is 5.75 Å². The maximum Gasteiger partial charge on any atom is 0.165 e. The van der Waals surface area contributed by atoms with Crippen molar-refractivity contribution in [2.45, 2.75) is 25.4 Å². The van der Waals surface area contributed by atoms with Crippen LogP contribution < -0.4 is 16.2 Å². The number of benzene rings is 1. The van der Waals surface area contributed by atoms with E-state index in [-0.39, 0.29) is 5.60 Å². The molecule has 0 saturated heterocycles. The highest BCUT2D eigenvalue weighted by atomic mass is 16.5. The Bertz CT molecular complexity index is 311. The zero-order chi connectivity index (χ0) is 9.47. The van der Waals surface area contributed by atoms with Crippen LogP contribution in [0.4, 0.5) is 11.4 Å². The lowest BCUT2D eigenvalue weighted by Gasteiger charge is -2.16. The SMILES string of the molecule is CC1(Oc2c(N)cccc2N)CC1.